The largest absolute Gasteiger partial charge is 0.493 e. The first kappa shape index (κ1) is 9.09. The van der Waals surface area contributed by atoms with E-state index < -0.39 is 0 Å². The third-order valence-electron chi connectivity index (χ3n) is 2.74. The van der Waals surface area contributed by atoms with Crippen LogP contribution in [-0.4, -0.2) is 7.11 Å². The van der Waals surface area contributed by atoms with E-state index in [9.17, 15) is 0 Å². The Morgan fingerprint density at radius 1 is 1.12 bits per heavy atom. The number of nitrogen functional groups attached to an aromatic ring is 1. The van der Waals surface area contributed by atoms with Crippen LogP contribution >= 0.6 is 0 Å². The van der Waals surface area contributed by atoms with Crippen molar-refractivity contribution in [2.75, 3.05) is 12.8 Å². The number of anilines is 1. The molecule has 1 heterocycles. The number of fused-ring (bicyclic) bond motifs is 3. The summed E-state index contributed by atoms with van der Waals surface area (Å²) in [5, 5.41) is 1.95. The minimum absolute atomic E-state index is 0.709. The van der Waals surface area contributed by atoms with Crippen molar-refractivity contribution in [2.24, 2.45) is 0 Å². The standard InChI is InChI=1S/C13H11NO2/c1-15-11-7-6-9(14)12-8-4-2-3-5-10(8)16-13(11)12/h2-7H,14H2,1H3. The zero-order valence-electron chi connectivity index (χ0n) is 8.86. The van der Waals surface area contributed by atoms with Crippen molar-refractivity contribution < 1.29 is 9.15 Å². The Bertz CT molecular complexity index is 670. The zero-order chi connectivity index (χ0) is 11.1. The summed E-state index contributed by atoms with van der Waals surface area (Å²) in [6.45, 7) is 0. The first-order valence-electron chi connectivity index (χ1n) is 5.05. The summed E-state index contributed by atoms with van der Waals surface area (Å²) in [6.07, 6.45) is 0. The topological polar surface area (TPSA) is 48.4 Å². The maximum Gasteiger partial charge on any atom is 0.179 e. The van der Waals surface area contributed by atoms with Gasteiger partial charge < -0.3 is 14.9 Å². The Balaban J connectivity index is 2.58. The van der Waals surface area contributed by atoms with Gasteiger partial charge in [0.05, 0.1) is 12.5 Å². The number of ether oxygens (including phenoxy) is 1. The molecule has 0 aliphatic heterocycles. The zero-order valence-corrected chi connectivity index (χ0v) is 8.86. The van der Waals surface area contributed by atoms with E-state index in [4.69, 9.17) is 14.9 Å². The maximum atomic E-state index is 5.97. The fourth-order valence-electron chi connectivity index (χ4n) is 1.99. The number of benzene rings is 2. The van der Waals surface area contributed by atoms with Crippen LogP contribution in [0.1, 0.15) is 0 Å². The van der Waals surface area contributed by atoms with Crippen molar-refractivity contribution in [3.63, 3.8) is 0 Å². The Morgan fingerprint density at radius 2 is 1.94 bits per heavy atom. The third kappa shape index (κ3) is 1.08. The second-order valence-electron chi connectivity index (χ2n) is 3.66. The van der Waals surface area contributed by atoms with Crippen LogP contribution < -0.4 is 10.5 Å². The van der Waals surface area contributed by atoms with Gasteiger partial charge in [-0.1, -0.05) is 18.2 Å². The van der Waals surface area contributed by atoms with Gasteiger partial charge in [-0.25, -0.2) is 0 Å². The smallest absolute Gasteiger partial charge is 0.179 e. The average molecular weight is 213 g/mol. The van der Waals surface area contributed by atoms with E-state index in [1.165, 1.54) is 0 Å². The number of furan rings is 1. The molecule has 3 heteroatoms. The second kappa shape index (κ2) is 3.17. The molecule has 0 aliphatic rings. The lowest BCUT2D eigenvalue weighted by molar-refractivity contribution is 0.412. The predicted molar refractivity (Wildman–Crippen MR) is 64.7 cm³/mol. The van der Waals surface area contributed by atoms with E-state index in [2.05, 4.69) is 0 Å². The Morgan fingerprint density at radius 3 is 2.75 bits per heavy atom. The van der Waals surface area contributed by atoms with Crippen LogP contribution in [0, 0.1) is 0 Å². The lowest BCUT2D eigenvalue weighted by atomic mass is 10.1. The second-order valence-corrected chi connectivity index (χ2v) is 3.66. The van der Waals surface area contributed by atoms with Crippen molar-refractivity contribution in [2.45, 2.75) is 0 Å². The molecule has 0 atom stereocenters. The summed E-state index contributed by atoms with van der Waals surface area (Å²) in [4.78, 5) is 0. The molecule has 0 unspecified atom stereocenters. The number of methoxy groups -OCH3 is 1. The van der Waals surface area contributed by atoms with E-state index in [0.29, 0.717) is 17.0 Å². The van der Waals surface area contributed by atoms with Crippen molar-refractivity contribution in [1.82, 2.24) is 0 Å². The van der Waals surface area contributed by atoms with Gasteiger partial charge in [-0.3, -0.25) is 0 Å². The summed E-state index contributed by atoms with van der Waals surface area (Å²) in [5.74, 6) is 0.709. The van der Waals surface area contributed by atoms with E-state index in [-0.39, 0.29) is 0 Å². The van der Waals surface area contributed by atoms with Gasteiger partial charge in [-0.15, -0.1) is 0 Å². The molecular weight excluding hydrogens is 202 g/mol. The number of nitrogens with two attached hydrogens (primary N) is 1. The predicted octanol–water partition coefficient (Wildman–Crippen LogP) is 3.18. The number of hydrogen-bond acceptors (Lipinski definition) is 3. The molecule has 3 rings (SSSR count). The Kier molecular flexibility index (Phi) is 1.80. The van der Waals surface area contributed by atoms with Gasteiger partial charge in [0, 0.05) is 11.1 Å². The first-order chi connectivity index (χ1) is 7.81. The lowest BCUT2D eigenvalue weighted by Crippen LogP contribution is -1.88. The molecular formula is C13H11NO2. The van der Waals surface area contributed by atoms with Crippen LogP contribution in [0.15, 0.2) is 40.8 Å². The van der Waals surface area contributed by atoms with Crippen LogP contribution in [0.3, 0.4) is 0 Å². The summed E-state index contributed by atoms with van der Waals surface area (Å²) in [7, 11) is 1.62. The minimum atomic E-state index is 0.709. The van der Waals surface area contributed by atoms with Gasteiger partial charge in [0.1, 0.15) is 5.58 Å². The molecule has 0 saturated carbocycles. The Labute approximate surface area is 92.4 Å². The fraction of sp³-hybridized carbons (Fsp3) is 0.0769. The summed E-state index contributed by atoms with van der Waals surface area (Å²) < 4.78 is 11.0. The van der Waals surface area contributed by atoms with Gasteiger partial charge in [-0.2, -0.15) is 0 Å². The molecule has 1 aromatic heterocycles. The highest BCUT2D eigenvalue weighted by molar-refractivity contribution is 6.12. The van der Waals surface area contributed by atoms with E-state index in [0.717, 1.165) is 16.4 Å². The van der Waals surface area contributed by atoms with E-state index in [1.54, 1.807) is 7.11 Å². The molecule has 0 radical (unpaired) electrons. The first-order valence-corrected chi connectivity index (χ1v) is 5.05. The van der Waals surface area contributed by atoms with Gasteiger partial charge in [0.25, 0.3) is 0 Å². The molecule has 2 aromatic carbocycles. The van der Waals surface area contributed by atoms with Crippen molar-refractivity contribution in [1.29, 1.82) is 0 Å². The van der Waals surface area contributed by atoms with Crippen LogP contribution in [0.25, 0.3) is 21.9 Å². The molecule has 0 spiro atoms. The molecule has 0 amide bonds. The molecule has 80 valence electrons. The quantitative estimate of drug-likeness (QED) is 0.631. The fourth-order valence-corrected chi connectivity index (χ4v) is 1.99. The SMILES string of the molecule is COc1ccc(N)c2c1oc1ccccc12. The van der Waals surface area contributed by atoms with Crippen LogP contribution in [0.5, 0.6) is 5.75 Å². The molecule has 2 N–H and O–H groups in total. The van der Waals surface area contributed by atoms with Crippen LogP contribution in [0.2, 0.25) is 0 Å². The van der Waals surface area contributed by atoms with Gasteiger partial charge in [-0.05, 0) is 18.2 Å². The highest BCUT2D eigenvalue weighted by Gasteiger charge is 2.13. The van der Waals surface area contributed by atoms with E-state index >= 15 is 0 Å². The van der Waals surface area contributed by atoms with Crippen molar-refractivity contribution in [3.8, 4) is 5.75 Å². The van der Waals surface area contributed by atoms with Gasteiger partial charge >= 0.3 is 0 Å². The maximum absolute atomic E-state index is 5.97. The summed E-state index contributed by atoms with van der Waals surface area (Å²) >= 11 is 0. The molecule has 0 saturated heterocycles. The molecule has 3 nitrogen and oxygen atoms in total. The molecule has 0 fully saturated rings. The summed E-state index contributed by atoms with van der Waals surface area (Å²) in [5.41, 5.74) is 8.22. The lowest BCUT2D eigenvalue weighted by Gasteiger charge is -2.01. The average Bonchev–Trinajstić information content (AvgIpc) is 2.69. The molecule has 16 heavy (non-hydrogen) atoms. The number of hydrogen-bond donors (Lipinski definition) is 1. The third-order valence-corrected chi connectivity index (χ3v) is 2.74. The van der Waals surface area contributed by atoms with Crippen molar-refractivity contribution in [3.05, 3.63) is 36.4 Å². The Hall–Kier alpha value is -2.16. The van der Waals surface area contributed by atoms with E-state index in [1.807, 2.05) is 36.4 Å². The van der Waals surface area contributed by atoms with Crippen LogP contribution in [-0.2, 0) is 0 Å². The normalized spacial score (nSPS) is 11.1. The molecule has 0 aliphatic carbocycles. The number of rotatable bonds is 1. The minimum Gasteiger partial charge on any atom is -0.493 e. The van der Waals surface area contributed by atoms with Crippen molar-refractivity contribution >= 4 is 27.6 Å². The van der Waals surface area contributed by atoms with Gasteiger partial charge in [0.2, 0.25) is 0 Å². The summed E-state index contributed by atoms with van der Waals surface area (Å²) in [6, 6.07) is 11.5. The van der Waals surface area contributed by atoms with Gasteiger partial charge in [0.15, 0.2) is 11.3 Å². The highest BCUT2D eigenvalue weighted by atomic mass is 16.5. The number of para-hydroxylation sites is 1. The monoisotopic (exact) mass is 213 g/mol. The van der Waals surface area contributed by atoms with Crippen LogP contribution in [0.4, 0.5) is 5.69 Å². The molecule has 0 bridgehead atoms. The molecule has 3 aromatic rings. The highest BCUT2D eigenvalue weighted by Crippen LogP contribution is 2.37.